The zero-order valence-corrected chi connectivity index (χ0v) is 11.6. The average Bonchev–Trinajstić information content (AvgIpc) is 2.47. The Labute approximate surface area is 125 Å². The Bertz CT molecular complexity index is 903. The smallest absolute Gasteiger partial charge is 0.203 e. The zero-order chi connectivity index (χ0) is 15.7. The third kappa shape index (κ3) is 2.40. The molecule has 22 heavy (non-hydrogen) atoms. The van der Waals surface area contributed by atoms with E-state index < -0.39 is 17.1 Å². The van der Waals surface area contributed by atoms with E-state index in [1.54, 1.807) is 6.07 Å². The van der Waals surface area contributed by atoms with Gasteiger partial charge in [-0.2, -0.15) is 0 Å². The Morgan fingerprint density at radius 2 is 1.86 bits per heavy atom. The van der Waals surface area contributed by atoms with Crippen LogP contribution >= 0.6 is 0 Å². The molecule has 5 heteroatoms. The number of hydrogen-bond acceptors (Lipinski definition) is 3. The van der Waals surface area contributed by atoms with Crippen molar-refractivity contribution in [2.24, 2.45) is 5.73 Å². The van der Waals surface area contributed by atoms with Gasteiger partial charge in [0.05, 0.1) is 5.56 Å². The Morgan fingerprint density at radius 3 is 2.59 bits per heavy atom. The molecule has 0 spiro atoms. The van der Waals surface area contributed by atoms with E-state index in [9.17, 15) is 13.6 Å². The maximum absolute atomic E-state index is 14.0. The Balaban J connectivity index is 2.41. The summed E-state index contributed by atoms with van der Waals surface area (Å²) in [7, 11) is 0. The quantitative estimate of drug-likeness (QED) is 0.808. The van der Waals surface area contributed by atoms with Gasteiger partial charge in [-0.15, -0.1) is 0 Å². The van der Waals surface area contributed by atoms with Gasteiger partial charge in [0.2, 0.25) is 5.43 Å². The number of benzene rings is 2. The highest BCUT2D eigenvalue weighted by Crippen LogP contribution is 2.26. The highest BCUT2D eigenvalue weighted by molar-refractivity contribution is 5.83. The Kier molecular flexibility index (Phi) is 3.73. The number of halogens is 2. The summed E-state index contributed by atoms with van der Waals surface area (Å²) in [5.74, 6) is -0.816. The first-order valence-corrected chi connectivity index (χ1v) is 6.82. The summed E-state index contributed by atoms with van der Waals surface area (Å²) >= 11 is 0. The van der Waals surface area contributed by atoms with Gasteiger partial charge in [-0.1, -0.05) is 18.2 Å². The van der Waals surface area contributed by atoms with Crippen molar-refractivity contribution in [2.45, 2.75) is 6.42 Å². The fourth-order valence-electron chi connectivity index (χ4n) is 2.49. The molecule has 0 fully saturated rings. The van der Waals surface area contributed by atoms with Crippen LogP contribution in [0.3, 0.4) is 0 Å². The minimum atomic E-state index is -0.664. The lowest BCUT2D eigenvalue weighted by atomic mass is 10.0. The SMILES string of the molecule is NCCc1oc2cccc(F)c2c(=O)c1-c1cccc(F)c1. The molecule has 0 atom stereocenters. The van der Waals surface area contributed by atoms with Crippen LogP contribution in [0.5, 0.6) is 0 Å². The van der Waals surface area contributed by atoms with Gasteiger partial charge in [-0.3, -0.25) is 4.79 Å². The minimum Gasteiger partial charge on any atom is -0.460 e. The summed E-state index contributed by atoms with van der Waals surface area (Å²) < 4.78 is 33.1. The lowest BCUT2D eigenvalue weighted by Gasteiger charge is -2.10. The molecule has 0 aliphatic carbocycles. The van der Waals surface area contributed by atoms with Crippen molar-refractivity contribution in [2.75, 3.05) is 6.54 Å². The van der Waals surface area contributed by atoms with Crippen LogP contribution in [0.15, 0.2) is 51.7 Å². The van der Waals surface area contributed by atoms with Crippen LogP contribution in [-0.2, 0) is 6.42 Å². The van der Waals surface area contributed by atoms with Gasteiger partial charge >= 0.3 is 0 Å². The maximum atomic E-state index is 14.0. The number of fused-ring (bicyclic) bond motifs is 1. The highest BCUT2D eigenvalue weighted by Gasteiger charge is 2.18. The van der Waals surface area contributed by atoms with E-state index in [2.05, 4.69) is 0 Å². The van der Waals surface area contributed by atoms with E-state index in [0.29, 0.717) is 17.7 Å². The van der Waals surface area contributed by atoms with Crippen molar-refractivity contribution in [3.05, 3.63) is 70.1 Å². The normalized spacial score (nSPS) is 11.0. The van der Waals surface area contributed by atoms with Crippen molar-refractivity contribution >= 4 is 11.0 Å². The predicted molar refractivity (Wildman–Crippen MR) is 80.6 cm³/mol. The third-order valence-electron chi connectivity index (χ3n) is 3.43. The summed E-state index contributed by atoms with van der Waals surface area (Å²) in [6.45, 7) is 0.256. The van der Waals surface area contributed by atoms with E-state index in [1.165, 1.54) is 36.4 Å². The van der Waals surface area contributed by atoms with Crippen LogP contribution in [0.1, 0.15) is 5.76 Å². The molecule has 1 heterocycles. The van der Waals surface area contributed by atoms with Crippen LogP contribution in [0, 0.1) is 11.6 Å². The van der Waals surface area contributed by atoms with Crippen LogP contribution < -0.4 is 11.2 Å². The minimum absolute atomic E-state index is 0.137. The zero-order valence-electron chi connectivity index (χ0n) is 11.6. The van der Waals surface area contributed by atoms with Crippen LogP contribution in [0.2, 0.25) is 0 Å². The van der Waals surface area contributed by atoms with E-state index in [1.807, 2.05) is 0 Å². The van der Waals surface area contributed by atoms with Crippen molar-refractivity contribution in [3.8, 4) is 11.1 Å². The van der Waals surface area contributed by atoms with Gasteiger partial charge in [0, 0.05) is 6.42 Å². The molecule has 3 nitrogen and oxygen atoms in total. The molecule has 0 amide bonds. The molecule has 0 saturated carbocycles. The predicted octanol–water partition coefficient (Wildman–Crippen LogP) is 3.24. The van der Waals surface area contributed by atoms with Crippen molar-refractivity contribution in [1.29, 1.82) is 0 Å². The van der Waals surface area contributed by atoms with Crippen molar-refractivity contribution in [1.82, 2.24) is 0 Å². The maximum Gasteiger partial charge on any atom is 0.203 e. The van der Waals surface area contributed by atoms with E-state index in [-0.39, 0.29) is 23.1 Å². The summed E-state index contributed by atoms with van der Waals surface area (Å²) in [6.07, 6.45) is 0.299. The van der Waals surface area contributed by atoms with Gasteiger partial charge in [0.1, 0.15) is 28.4 Å². The molecule has 0 saturated heterocycles. The van der Waals surface area contributed by atoms with Crippen molar-refractivity contribution < 1.29 is 13.2 Å². The van der Waals surface area contributed by atoms with Crippen LogP contribution in [0.4, 0.5) is 8.78 Å². The third-order valence-corrected chi connectivity index (χ3v) is 3.43. The second kappa shape index (κ2) is 5.69. The average molecular weight is 301 g/mol. The van der Waals surface area contributed by atoms with Gasteiger partial charge in [-0.05, 0) is 36.4 Å². The molecule has 0 aliphatic heterocycles. The van der Waals surface area contributed by atoms with Crippen LogP contribution in [0.25, 0.3) is 22.1 Å². The van der Waals surface area contributed by atoms with Crippen LogP contribution in [-0.4, -0.2) is 6.54 Å². The standard InChI is InChI=1S/C17H13F2NO2/c18-11-4-1-3-10(9-11)15-14(7-8-20)22-13-6-2-5-12(19)16(13)17(15)21/h1-6,9H,7-8,20H2. The first-order valence-electron chi connectivity index (χ1n) is 6.82. The molecule has 0 bridgehead atoms. The first-order chi connectivity index (χ1) is 10.6. The molecule has 112 valence electrons. The van der Waals surface area contributed by atoms with E-state index >= 15 is 0 Å². The first kappa shape index (κ1) is 14.4. The molecule has 0 unspecified atom stereocenters. The topological polar surface area (TPSA) is 56.2 Å². The van der Waals surface area contributed by atoms with Gasteiger partial charge < -0.3 is 10.2 Å². The highest BCUT2D eigenvalue weighted by atomic mass is 19.1. The lowest BCUT2D eigenvalue weighted by Crippen LogP contribution is -2.13. The summed E-state index contributed by atoms with van der Waals surface area (Å²) in [4.78, 5) is 12.7. The van der Waals surface area contributed by atoms with E-state index in [4.69, 9.17) is 10.2 Å². The number of rotatable bonds is 3. The van der Waals surface area contributed by atoms with Gasteiger partial charge in [-0.25, -0.2) is 8.78 Å². The summed E-state index contributed by atoms with van der Waals surface area (Å²) in [6, 6.07) is 9.75. The molecule has 3 aromatic rings. The van der Waals surface area contributed by atoms with E-state index in [0.717, 1.165) is 0 Å². The fraction of sp³-hybridized carbons (Fsp3) is 0.118. The lowest BCUT2D eigenvalue weighted by molar-refractivity contribution is 0.536. The van der Waals surface area contributed by atoms with Crippen molar-refractivity contribution in [3.63, 3.8) is 0 Å². The second-order valence-corrected chi connectivity index (χ2v) is 4.89. The monoisotopic (exact) mass is 301 g/mol. The molecular weight excluding hydrogens is 288 g/mol. The summed E-state index contributed by atoms with van der Waals surface area (Å²) in [5, 5.41) is -0.137. The molecule has 0 radical (unpaired) electrons. The number of hydrogen-bond donors (Lipinski definition) is 1. The second-order valence-electron chi connectivity index (χ2n) is 4.89. The summed E-state index contributed by atoms with van der Waals surface area (Å²) in [5.41, 5.74) is 5.70. The number of nitrogens with two attached hydrogens (primary N) is 1. The fourth-order valence-corrected chi connectivity index (χ4v) is 2.49. The molecule has 0 aliphatic rings. The molecule has 3 rings (SSSR count). The molecule has 1 aromatic heterocycles. The largest absolute Gasteiger partial charge is 0.460 e. The van der Waals surface area contributed by atoms with Gasteiger partial charge in [0.25, 0.3) is 0 Å². The molecule has 2 aromatic carbocycles. The Morgan fingerprint density at radius 1 is 1.09 bits per heavy atom. The van der Waals surface area contributed by atoms with Gasteiger partial charge in [0.15, 0.2) is 0 Å². The molecule has 2 N–H and O–H groups in total. The Hall–Kier alpha value is -2.53. The molecular formula is C17H13F2NO2.